The van der Waals surface area contributed by atoms with E-state index in [0.29, 0.717) is 36.1 Å². The van der Waals surface area contributed by atoms with Crippen LogP contribution in [0.1, 0.15) is 132 Å². The number of carbonyl (C=O) groups is 3. The number of amides is 1. The molecular formula is C43H64N2O5. The Labute approximate surface area is 301 Å². The Kier molecular flexibility index (Phi) is 9.46. The van der Waals surface area contributed by atoms with Gasteiger partial charge in [-0.25, -0.2) is 0 Å². The Balaban J connectivity index is 1.23. The van der Waals surface area contributed by atoms with Crippen molar-refractivity contribution < 1.29 is 24.2 Å². The van der Waals surface area contributed by atoms with E-state index >= 15 is 0 Å². The number of carboxylic acids is 1. The Bertz CT molecular complexity index is 1500. The molecule has 1 amide bonds. The molecule has 0 radical (unpaired) electrons. The molecule has 276 valence electrons. The molecule has 6 rings (SSSR count). The molecule has 1 heterocycles. The van der Waals surface area contributed by atoms with Crippen LogP contribution < -0.4 is 5.32 Å². The molecule has 0 saturated heterocycles. The molecule has 0 aromatic carbocycles. The molecule has 50 heavy (non-hydrogen) atoms. The highest BCUT2D eigenvalue weighted by Crippen LogP contribution is 2.77. The van der Waals surface area contributed by atoms with E-state index in [-0.39, 0.29) is 45.5 Å². The standard InChI is InChI=1S/C43H64N2O5/c1-27(2)29-15-21-43(36(47)45-25-18-28-12-10-11-24-44-28)23-22-41(8)30(35(29)43)13-14-32-40(7)19-17-33(50-34(46)26-38(3,4)37(48)49)39(5,6)31(40)16-20-42(32,41)9/h10-12,24,29-33,35H,1,13-23,25-26H2,2-9H3,(H,45,47)(H,48,49)/t29-,30+,31-,32+,33-,35+,40-,41+,42+,43-/m0/s1. The normalized spacial score (nSPS) is 40.3. The van der Waals surface area contributed by atoms with Crippen molar-refractivity contribution in [1.82, 2.24) is 10.3 Å². The van der Waals surface area contributed by atoms with Gasteiger partial charge in [0, 0.05) is 30.3 Å². The highest BCUT2D eigenvalue weighted by Gasteiger charge is 2.72. The van der Waals surface area contributed by atoms with Gasteiger partial charge in [0.25, 0.3) is 0 Å². The predicted molar refractivity (Wildman–Crippen MR) is 196 cm³/mol. The average molecular weight is 689 g/mol. The Morgan fingerprint density at radius 3 is 2.34 bits per heavy atom. The summed E-state index contributed by atoms with van der Waals surface area (Å²) in [7, 11) is 0. The van der Waals surface area contributed by atoms with Crippen LogP contribution in [-0.4, -0.2) is 40.6 Å². The zero-order valence-electron chi connectivity index (χ0n) is 32.2. The molecule has 10 atom stereocenters. The lowest BCUT2D eigenvalue weighted by molar-refractivity contribution is -0.249. The van der Waals surface area contributed by atoms with Crippen molar-refractivity contribution in [2.45, 2.75) is 139 Å². The molecule has 2 N–H and O–H groups in total. The van der Waals surface area contributed by atoms with Gasteiger partial charge < -0.3 is 15.2 Å². The number of hydrogen-bond donors (Lipinski definition) is 2. The summed E-state index contributed by atoms with van der Waals surface area (Å²) in [6, 6.07) is 5.97. The lowest BCUT2D eigenvalue weighted by Crippen LogP contribution is -2.67. The number of esters is 1. The zero-order chi connectivity index (χ0) is 36.5. The molecule has 0 spiro atoms. The average Bonchev–Trinajstić information content (AvgIpc) is 3.44. The van der Waals surface area contributed by atoms with Crippen LogP contribution >= 0.6 is 0 Å². The van der Waals surface area contributed by atoms with E-state index in [1.54, 1.807) is 13.8 Å². The summed E-state index contributed by atoms with van der Waals surface area (Å²) in [5.74, 6) is 1.02. The fourth-order valence-corrected chi connectivity index (χ4v) is 13.4. The van der Waals surface area contributed by atoms with E-state index < -0.39 is 17.4 Å². The van der Waals surface area contributed by atoms with Gasteiger partial charge in [-0.1, -0.05) is 52.8 Å². The van der Waals surface area contributed by atoms with Crippen LogP contribution in [-0.2, 0) is 25.5 Å². The first-order chi connectivity index (χ1) is 23.3. The number of fused-ring (bicyclic) bond motifs is 7. The highest BCUT2D eigenvalue weighted by molar-refractivity contribution is 5.84. The van der Waals surface area contributed by atoms with Crippen LogP contribution in [0.4, 0.5) is 0 Å². The fraction of sp³-hybridized carbons (Fsp3) is 0.767. The summed E-state index contributed by atoms with van der Waals surface area (Å²) in [6.07, 6.45) is 12.7. The maximum Gasteiger partial charge on any atom is 0.309 e. The van der Waals surface area contributed by atoms with Crippen LogP contribution in [0.3, 0.4) is 0 Å². The van der Waals surface area contributed by atoms with Crippen LogP contribution in [0, 0.1) is 62.1 Å². The third kappa shape index (κ3) is 5.66. The number of aromatic nitrogens is 1. The predicted octanol–water partition coefficient (Wildman–Crippen LogP) is 8.81. The minimum absolute atomic E-state index is 0.118. The van der Waals surface area contributed by atoms with E-state index in [2.05, 4.69) is 58.4 Å². The minimum Gasteiger partial charge on any atom is -0.481 e. The van der Waals surface area contributed by atoms with Crippen molar-refractivity contribution >= 4 is 17.8 Å². The molecule has 1 aromatic heterocycles. The van der Waals surface area contributed by atoms with Crippen LogP contribution in [0.5, 0.6) is 0 Å². The van der Waals surface area contributed by atoms with Crippen molar-refractivity contribution in [1.29, 1.82) is 0 Å². The smallest absolute Gasteiger partial charge is 0.309 e. The van der Waals surface area contributed by atoms with Gasteiger partial charge in [-0.15, -0.1) is 0 Å². The molecule has 5 saturated carbocycles. The third-order valence-corrected chi connectivity index (χ3v) is 16.3. The molecule has 0 unspecified atom stereocenters. The number of allylic oxidation sites excluding steroid dienone is 1. The first-order valence-corrected chi connectivity index (χ1v) is 19.6. The topological polar surface area (TPSA) is 106 Å². The number of carbonyl (C=O) groups excluding carboxylic acids is 2. The number of aliphatic carboxylic acids is 1. The van der Waals surface area contributed by atoms with E-state index in [1.165, 1.54) is 12.0 Å². The van der Waals surface area contributed by atoms with Crippen molar-refractivity contribution in [2.24, 2.45) is 62.1 Å². The van der Waals surface area contributed by atoms with Gasteiger partial charge in [-0.2, -0.15) is 0 Å². The van der Waals surface area contributed by atoms with Crippen molar-refractivity contribution in [2.75, 3.05) is 6.54 Å². The maximum atomic E-state index is 14.4. The molecular weight excluding hydrogens is 624 g/mol. The number of ether oxygens (including phenoxy) is 1. The second-order valence-corrected chi connectivity index (χ2v) is 19.4. The summed E-state index contributed by atoms with van der Waals surface area (Å²) in [4.78, 5) is 43.7. The molecule has 5 aliphatic rings. The first-order valence-electron chi connectivity index (χ1n) is 19.6. The van der Waals surface area contributed by atoms with Crippen molar-refractivity contribution in [3.05, 3.63) is 42.2 Å². The third-order valence-electron chi connectivity index (χ3n) is 16.3. The van der Waals surface area contributed by atoms with E-state index in [0.717, 1.165) is 69.9 Å². The number of hydrogen-bond acceptors (Lipinski definition) is 5. The number of carboxylic acid groups (broad SMARTS) is 1. The first kappa shape index (κ1) is 37.1. The quantitative estimate of drug-likeness (QED) is 0.199. The van der Waals surface area contributed by atoms with E-state index in [9.17, 15) is 19.5 Å². The summed E-state index contributed by atoms with van der Waals surface area (Å²) < 4.78 is 6.17. The second-order valence-electron chi connectivity index (χ2n) is 19.4. The van der Waals surface area contributed by atoms with Crippen LogP contribution in [0.25, 0.3) is 0 Å². The molecule has 7 heteroatoms. The van der Waals surface area contributed by atoms with Gasteiger partial charge >= 0.3 is 11.9 Å². The largest absolute Gasteiger partial charge is 0.481 e. The summed E-state index contributed by atoms with van der Waals surface area (Å²) >= 11 is 0. The zero-order valence-corrected chi connectivity index (χ0v) is 32.2. The lowest BCUT2D eigenvalue weighted by Gasteiger charge is -2.72. The fourth-order valence-electron chi connectivity index (χ4n) is 13.4. The number of nitrogens with zero attached hydrogens (tertiary/aromatic N) is 1. The Morgan fingerprint density at radius 1 is 0.940 bits per heavy atom. The summed E-state index contributed by atoms with van der Waals surface area (Å²) in [5.41, 5.74) is 0.960. The van der Waals surface area contributed by atoms with E-state index in [4.69, 9.17) is 4.74 Å². The summed E-state index contributed by atoms with van der Waals surface area (Å²) in [5, 5.41) is 13.0. The van der Waals surface area contributed by atoms with Gasteiger partial charge in [0.1, 0.15) is 6.10 Å². The molecule has 5 aliphatic carbocycles. The Morgan fingerprint density at radius 2 is 1.68 bits per heavy atom. The van der Waals surface area contributed by atoms with E-state index in [1.807, 2.05) is 24.4 Å². The molecule has 0 bridgehead atoms. The molecule has 7 nitrogen and oxygen atoms in total. The molecule has 1 aromatic rings. The van der Waals surface area contributed by atoms with Gasteiger partial charge in [0.2, 0.25) is 5.91 Å². The van der Waals surface area contributed by atoms with Crippen LogP contribution in [0.15, 0.2) is 36.5 Å². The number of pyridine rings is 1. The highest BCUT2D eigenvalue weighted by atomic mass is 16.5. The minimum atomic E-state index is -1.15. The van der Waals surface area contributed by atoms with Gasteiger partial charge in [-0.05, 0) is 143 Å². The molecule has 0 aliphatic heterocycles. The summed E-state index contributed by atoms with van der Waals surface area (Å²) in [6.45, 7) is 22.9. The maximum absolute atomic E-state index is 14.4. The number of rotatable bonds is 9. The van der Waals surface area contributed by atoms with Gasteiger partial charge in [0.05, 0.1) is 17.3 Å². The molecule has 5 fully saturated rings. The Hall–Kier alpha value is -2.70. The second kappa shape index (κ2) is 12.8. The van der Waals surface area contributed by atoms with Crippen LogP contribution in [0.2, 0.25) is 0 Å². The van der Waals surface area contributed by atoms with Gasteiger partial charge in [-0.3, -0.25) is 19.4 Å². The van der Waals surface area contributed by atoms with Crippen molar-refractivity contribution in [3.63, 3.8) is 0 Å². The SMILES string of the molecule is C=C(C)[C@@H]1CC[C@]2(C(=O)NCCc3ccccn3)CC[C@]3(C)[C@H](CC[C@@H]4[C@@]5(C)CC[C@H](OC(=O)CC(C)(C)C(=O)O)C(C)(C)[C@@H]5CC[C@]43C)[C@@H]12. The lowest BCUT2D eigenvalue weighted by atomic mass is 9.32. The van der Waals surface area contributed by atoms with Gasteiger partial charge in [0.15, 0.2) is 0 Å². The number of nitrogens with one attached hydrogen (secondary N) is 1. The monoisotopic (exact) mass is 688 g/mol. The van der Waals surface area contributed by atoms with Crippen molar-refractivity contribution in [3.8, 4) is 0 Å².